The van der Waals surface area contributed by atoms with Crippen LogP contribution in [0, 0.1) is 0 Å². The molecule has 4 nitrogen and oxygen atoms in total. The molecule has 0 N–H and O–H groups in total. The van der Waals surface area contributed by atoms with Gasteiger partial charge in [-0.25, -0.2) is 15.0 Å². The fraction of sp³-hybridized carbons (Fsp3) is 0. The molecule has 0 unspecified atom stereocenters. The average Bonchev–Trinajstić information content (AvgIpc) is 3.57. The van der Waals surface area contributed by atoms with Crippen molar-refractivity contribution < 1.29 is 4.42 Å². The largest absolute Gasteiger partial charge is 0.456 e. The van der Waals surface area contributed by atoms with Gasteiger partial charge in [0.2, 0.25) is 0 Å². The molecule has 0 bridgehead atoms. The fourth-order valence-electron chi connectivity index (χ4n) is 6.57. The van der Waals surface area contributed by atoms with Gasteiger partial charge in [0.05, 0.1) is 0 Å². The standard InChI is InChI=1S/C45H29N3O/c1-4-13-31(14-5-1)36-19-10-11-20-37(36)32-25-23-30(24-26-32)35-27-28-40-39(29-35)42-38(21-12-22-41(42)49-40)45-47-43(33-15-6-2-7-16-33)46-44(48-45)34-17-8-3-9-18-34/h1-29H. The van der Waals surface area contributed by atoms with Crippen LogP contribution in [0.25, 0.3) is 89.5 Å². The van der Waals surface area contributed by atoms with Crippen molar-refractivity contribution in [1.82, 2.24) is 15.0 Å². The summed E-state index contributed by atoms with van der Waals surface area (Å²) in [5, 5.41) is 2.00. The van der Waals surface area contributed by atoms with Crippen LogP contribution >= 0.6 is 0 Å². The van der Waals surface area contributed by atoms with Crippen LogP contribution in [0.2, 0.25) is 0 Å². The summed E-state index contributed by atoms with van der Waals surface area (Å²) in [5.41, 5.74) is 11.4. The third kappa shape index (κ3) is 5.35. The number of hydrogen-bond acceptors (Lipinski definition) is 4. The Balaban J connectivity index is 1.15. The maximum Gasteiger partial charge on any atom is 0.164 e. The van der Waals surface area contributed by atoms with E-state index in [1.807, 2.05) is 72.8 Å². The molecule has 0 spiro atoms. The number of aromatic nitrogens is 3. The molecule has 0 fully saturated rings. The Kier molecular flexibility index (Phi) is 7.10. The molecule has 0 aliphatic carbocycles. The van der Waals surface area contributed by atoms with Crippen LogP contribution < -0.4 is 0 Å². The Morgan fingerprint density at radius 1 is 0.306 bits per heavy atom. The highest BCUT2D eigenvalue weighted by Gasteiger charge is 2.18. The van der Waals surface area contributed by atoms with Crippen molar-refractivity contribution in [3.05, 3.63) is 176 Å². The van der Waals surface area contributed by atoms with E-state index >= 15 is 0 Å². The van der Waals surface area contributed by atoms with Crippen molar-refractivity contribution in [2.24, 2.45) is 0 Å². The van der Waals surface area contributed by atoms with Crippen molar-refractivity contribution in [2.45, 2.75) is 0 Å². The molecule has 0 saturated heterocycles. The summed E-state index contributed by atoms with van der Waals surface area (Å²) in [7, 11) is 0. The normalized spacial score (nSPS) is 11.3. The molecule has 2 heterocycles. The van der Waals surface area contributed by atoms with E-state index in [0.29, 0.717) is 17.5 Å². The molecule has 0 radical (unpaired) electrons. The van der Waals surface area contributed by atoms with Gasteiger partial charge >= 0.3 is 0 Å². The van der Waals surface area contributed by atoms with Crippen molar-refractivity contribution in [3.63, 3.8) is 0 Å². The molecule has 2 aromatic heterocycles. The predicted molar refractivity (Wildman–Crippen MR) is 200 cm³/mol. The number of nitrogens with zero attached hydrogens (tertiary/aromatic N) is 3. The first-order chi connectivity index (χ1) is 24.3. The second-order valence-corrected chi connectivity index (χ2v) is 12.0. The first-order valence-electron chi connectivity index (χ1n) is 16.4. The molecule has 0 amide bonds. The first kappa shape index (κ1) is 28.6. The Morgan fingerprint density at radius 3 is 1.39 bits per heavy atom. The van der Waals surface area contributed by atoms with E-state index in [4.69, 9.17) is 19.4 Å². The Morgan fingerprint density at radius 2 is 0.776 bits per heavy atom. The van der Waals surface area contributed by atoms with Crippen LogP contribution in [-0.2, 0) is 0 Å². The van der Waals surface area contributed by atoms with Crippen molar-refractivity contribution in [3.8, 4) is 67.5 Å². The topological polar surface area (TPSA) is 51.8 Å². The molecule has 7 aromatic carbocycles. The fourth-order valence-corrected chi connectivity index (χ4v) is 6.57. The Hall–Kier alpha value is -6.65. The van der Waals surface area contributed by atoms with E-state index in [9.17, 15) is 0 Å². The lowest BCUT2D eigenvalue weighted by Crippen LogP contribution is -2.00. The molecule has 0 atom stereocenters. The summed E-state index contributed by atoms with van der Waals surface area (Å²) < 4.78 is 6.40. The minimum Gasteiger partial charge on any atom is -0.456 e. The summed E-state index contributed by atoms with van der Waals surface area (Å²) in [5.74, 6) is 1.86. The van der Waals surface area contributed by atoms with Crippen LogP contribution in [0.15, 0.2) is 180 Å². The van der Waals surface area contributed by atoms with Crippen LogP contribution in [0.4, 0.5) is 0 Å². The number of benzene rings is 7. The second-order valence-electron chi connectivity index (χ2n) is 12.0. The van der Waals surface area contributed by atoms with Gasteiger partial charge in [-0.15, -0.1) is 0 Å². The van der Waals surface area contributed by atoms with Gasteiger partial charge in [0.15, 0.2) is 17.5 Å². The highest BCUT2D eigenvalue weighted by Crippen LogP contribution is 2.39. The van der Waals surface area contributed by atoms with Crippen LogP contribution in [0.5, 0.6) is 0 Å². The van der Waals surface area contributed by atoms with E-state index in [0.717, 1.165) is 49.8 Å². The minimum atomic E-state index is 0.604. The molecule has 0 aliphatic rings. The zero-order valence-corrected chi connectivity index (χ0v) is 26.5. The van der Waals surface area contributed by atoms with E-state index in [2.05, 4.69) is 103 Å². The van der Waals surface area contributed by atoms with Gasteiger partial charge in [0.25, 0.3) is 0 Å². The first-order valence-corrected chi connectivity index (χ1v) is 16.4. The molecule has 4 heteroatoms. The SMILES string of the molecule is c1ccc(-c2nc(-c3ccccc3)nc(-c3cccc4oc5ccc(-c6ccc(-c7ccccc7-c7ccccc7)cc6)cc5c34)n2)cc1. The lowest BCUT2D eigenvalue weighted by atomic mass is 9.93. The molecule has 230 valence electrons. The smallest absolute Gasteiger partial charge is 0.164 e. The van der Waals surface area contributed by atoms with Gasteiger partial charge in [-0.2, -0.15) is 0 Å². The maximum atomic E-state index is 6.40. The van der Waals surface area contributed by atoms with E-state index < -0.39 is 0 Å². The molecule has 0 saturated carbocycles. The van der Waals surface area contributed by atoms with Gasteiger partial charge < -0.3 is 4.42 Å². The van der Waals surface area contributed by atoms with Gasteiger partial charge in [-0.3, -0.25) is 0 Å². The zero-order chi connectivity index (χ0) is 32.6. The molecule has 49 heavy (non-hydrogen) atoms. The number of rotatable bonds is 6. The van der Waals surface area contributed by atoms with Crippen LogP contribution in [-0.4, -0.2) is 15.0 Å². The summed E-state index contributed by atoms with van der Waals surface area (Å²) in [4.78, 5) is 14.9. The Labute approximate surface area is 284 Å². The minimum absolute atomic E-state index is 0.604. The molecule has 9 rings (SSSR count). The number of fused-ring (bicyclic) bond motifs is 3. The van der Waals surface area contributed by atoms with Gasteiger partial charge in [0.1, 0.15) is 11.2 Å². The number of furan rings is 1. The van der Waals surface area contributed by atoms with Crippen molar-refractivity contribution in [1.29, 1.82) is 0 Å². The summed E-state index contributed by atoms with van der Waals surface area (Å²) in [6.07, 6.45) is 0. The monoisotopic (exact) mass is 627 g/mol. The molecular formula is C45H29N3O. The summed E-state index contributed by atoms with van der Waals surface area (Å²) >= 11 is 0. The third-order valence-corrected chi connectivity index (χ3v) is 8.98. The highest BCUT2D eigenvalue weighted by atomic mass is 16.3. The van der Waals surface area contributed by atoms with E-state index in [1.165, 1.54) is 22.3 Å². The Bertz CT molecular complexity index is 2520. The van der Waals surface area contributed by atoms with Crippen molar-refractivity contribution in [2.75, 3.05) is 0 Å². The van der Waals surface area contributed by atoms with Crippen LogP contribution in [0.1, 0.15) is 0 Å². The van der Waals surface area contributed by atoms with Crippen LogP contribution in [0.3, 0.4) is 0 Å². The quantitative estimate of drug-likeness (QED) is 0.184. The predicted octanol–water partition coefficient (Wildman–Crippen LogP) is 11.8. The maximum absolute atomic E-state index is 6.40. The van der Waals surface area contributed by atoms with Gasteiger partial charge in [0, 0.05) is 27.5 Å². The third-order valence-electron chi connectivity index (χ3n) is 8.98. The molecule has 9 aromatic rings. The second kappa shape index (κ2) is 12.2. The van der Waals surface area contributed by atoms with E-state index in [-0.39, 0.29) is 0 Å². The van der Waals surface area contributed by atoms with E-state index in [1.54, 1.807) is 0 Å². The van der Waals surface area contributed by atoms with Crippen molar-refractivity contribution >= 4 is 21.9 Å². The molecule has 0 aliphatic heterocycles. The summed E-state index contributed by atoms with van der Waals surface area (Å²) in [6, 6.07) is 60.5. The van der Waals surface area contributed by atoms with Gasteiger partial charge in [-0.05, 0) is 51.6 Å². The highest BCUT2D eigenvalue weighted by molar-refractivity contribution is 6.12. The summed E-state index contributed by atoms with van der Waals surface area (Å²) in [6.45, 7) is 0. The zero-order valence-electron chi connectivity index (χ0n) is 26.5. The molecular weight excluding hydrogens is 599 g/mol. The lowest BCUT2D eigenvalue weighted by Gasteiger charge is -2.11. The van der Waals surface area contributed by atoms with Gasteiger partial charge in [-0.1, -0.05) is 158 Å². The lowest BCUT2D eigenvalue weighted by molar-refractivity contribution is 0.669. The average molecular weight is 628 g/mol. The number of hydrogen-bond donors (Lipinski definition) is 0.